The van der Waals surface area contributed by atoms with E-state index in [1.807, 2.05) is 0 Å². The normalized spacial score (nSPS) is 28.2. The van der Waals surface area contributed by atoms with Crippen LogP contribution in [0.4, 0.5) is 9.18 Å². The Hall–Kier alpha value is -2.42. The predicted octanol–water partition coefficient (Wildman–Crippen LogP) is 1.54. The first kappa shape index (κ1) is 15.1. The summed E-state index contributed by atoms with van der Waals surface area (Å²) >= 11 is 5.70. The lowest BCUT2D eigenvalue weighted by Gasteiger charge is -2.22. The summed E-state index contributed by atoms with van der Waals surface area (Å²) < 4.78 is 15.5. The summed E-state index contributed by atoms with van der Waals surface area (Å²) in [5.41, 5.74) is 0.749. The van der Waals surface area contributed by atoms with E-state index in [-0.39, 0.29) is 35.0 Å². The van der Waals surface area contributed by atoms with Gasteiger partial charge >= 0.3 is 12.1 Å². The molecule has 4 atom stereocenters. The van der Waals surface area contributed by atoms with E-state index >= 15 is 0 Å². The fourth-order valence-corrected chi connectivity index (χ4v) is 4.10. The highest BCUT2D eigenvalue weighted by Crippen LogP contribution is 2.61. The maximum Gasteiger partial charge on any atom is 0.408 e. The second-order valence-electron chi connectivity index (χ2n) is 6.12. The van der Waals surface area contributed by atoms with Crippen LogP contribution < -0.4 is 0 Å². The maximum atomic E-state index is 14.2. The highest BCUT2D eigenvalue weighted by atomic mass is 35.5. The Morgan fingerprint density at radius 3 is 2.75 bits per heavy atom. The number of aromatic nitrogens is 3. The summed E-state index contributed by atoms with van der Waals surface area (Å²) in [5.74, 6) is -2.59. The Morgan fingerprint density at radius 1 is 1.42 bits per heavy atom. The molecule has 2 aromatic rings. The lowest BCUT2D eigenvalue weighted by atomic mass is 10.1. The zero-order valence-corrected chi connectivity index (χ0v) is 13.1. The Kier molecular flexibility index (Phi) is 3.02. The molecule has 126 valence electrons. The van der Waals surface area contributed by atoms with Gasteiger partial charge in [0, 0.05) is 37.0 Å². The number of aryl methyl sites for hydroxylation is 1. The Morgan fingerprint density at radius 2 is 2.12 bits per heavy atom. The van der Waals surface area contributed by atoms with Gasteiger partial charge in [-0.25, -0.2) is 19.0 Å². The number of rotatable bonds is 2. The first-order chi connectivity index (χ1) is 11.3. The van der Waals surface area contributed by atoms with Crippen LogP contribution in [0.25, 0.3) is 10.9 Å². The molecule has 1 saturated heterocycles. The number of pyridine rings is 1. The SMILES string of the molecule is Cn1nc(C2C3CN(C(=O)O)C(C(=O)O)[C@@H]32)c2cnc(Cl)c(F)c21. The minimum atomic E-state index is -1.25. The number of aliphatic carboxylic acids is 1. The third-order valence-corrected chi connectivity index (χ3v) is 5.22. The number of halogens is 2. The van der Waals surface area contributed by atoms with Crippen LogP contribution in [0.2, 0.25) is 5.15 Å². The van der Waals surface area contributed by atoms with Crippen molar-refractivity contribution in [3.63, 3.8) is 0 Å². The van der Waals surface area contributed by atoms with Gasteiger partial charge < -0.3 is 10.2 Å². The van der Waals surface area contributed by atoms with Gasteiger partial charge in [-0.1, -0.05) is 11.6 Å². The number of carboxylic acids is 1. The molecule has 0 aromatic carbocycles. The van der Waals surface area contributed by atoms with Crippen molar-refractivity contribution in [2.75, 3.05) is 6.54 Å². The van der Waals surface area contributed by atoms with E-state index in [2.05, 4.69) is 10.1 Å². The number of hydrogen-bond donors (Lipinski definition) is 2. The van der Waals surface area contributed by atoms with Gasteiger partial charge in [0.2, 0.25) is 0 Å². The molecular weight excluding hydrogens is 343 g/mol. The van der Waals surface area contributed by atoms with Crippen LogP contribution in [0, 0.1) is 17.7 Å². The molecule has 4 rings (SSSR count). The molecule has 0 radical (unpaired) electrons. The monoisotopic (exact) mass is 354 g/mol. The molecule has 0 bridgehead atoms. The average Bonchev–Trinajstić information content (AvgIpc) is 2.89. The molecule has 1 amide bonds. The summed E-state index contributed by atoms with van der Waals surface area (Å²) in [7, 11) is 1.57. The standard InChI is InChI=1S/C14H12ClFN4O4/c1-19-10-4(2-17-12(15)8(10)16)9(18-19)6-5-3-20(14(23)24)11(7(5)6)13(21)22/h2,5-7,11H,3H2,1H3,(H,21,22)(H,23,24)/t5?,6?,7-,11?/m0/s1. The van der Waals surface area contributed by atoms with Crippen LogP contribution in [-0.2, 0) is 11.8 Å². The van der Waals surface area contributed by atoms with Gasteiger partial charge in [0.1, 0.15) is 11.6 Å². The summed E-state index contributed by atoms with van der Waals surface area (Å²) in [4.78, 5) is 27.4. The topological polar surface area (TPSA) is 109 Å². The van der Waals surface area contributed by atoms with E-state index in [4.69, 9.17) is 16.7 Å². The molecule has 2 fully saturated rings. The van der Waals surface area contributed by atoms with Crippen molar-refractivity contribution < 1.29 is 24.2 Å². The van der Waals surface area contributed by atoms with Crippen molar-refractivity contribution in [2.24, 2.45) is 18.9 Å². The molecule has 2 N–H and O–H groups in total. The smallest absolute Gasteiger partial charge is 0.408 e. The molecule has 10 heteroatoms. The number of carboxylic acid groups (broad SMARTS) is 2. The lowest BCUT2D eigenvalue weighted by molar-refractivity contribution is -0.142. The van der Waals surface area contributed by atoms with Crippen molar-refractivity contribution in [2.45, 2.75) is 12.0 Å². The maximum absolute atomic E-state index is 14.2. The molecule has 1 saturated carbocycles. The summed E-state index contributed by atoms with van der Waals surface area (Å²) in [6.45, 7) is 0.128. The van der Waals surface area contributed by atoms with E-state index in [0.717, 1.165) is 4.90 Å². The van der Waals surface area contributed by atoms with Gasteiger partial charge in [0.05, 0.1) is 5.69 Å². The predicted molar refractivity (Wildman–Crippen MR) is 79.4 cm³/mol. The second-order valence-corrected chi connectivity index (χ2v) is 6.48. The number of piperidine rings is 1. The van der Waals surface area contributed by atoms with Gasteiger partial charge in [-0.05, 0) is 5.92 Å². The lowest BCUT2D eigenvalue weighted by Crippen LogP contribution is -2.43. The van der Waals surface area contributed by atoms with Crippen LogP contribution in [0.3, 0.4) is 0 Å². The van der Waals surface area contributed by atoms with Crippen LogP contribution in [-0.4, -0.2) is 54.5 Å². The molecular formula is C14H12ClFN4O4. The fourth-order valence-electron chi connectivity index (χ4n) is 3.97. The summed E-state index contributed by atoms with van der Waals surface area (Å²) in [6.07, 6.45) is 0.167. The number of hydrogen-bond acceptors (Lipinski definition) is 4. The molecule has 2 aromatic heterocycles. The number of likely N-dealkylation sites (tertiary alicyclic amines) is 1. The molecule has 1 aliphatic carbocycles. The highest BCUT2D eigenvalue weighted by molar-refractivity contribution is 6.30. The van der Waals surface area contributed by atoms with Crippen LogP contribution in [0.15, 0.2) is 6.20 Å². The van der Waals surface area contributed by atoms with Gasteiger partial charge in [-0.3, -0.25) is 9.58 Å². The Bertz CT molecular complexity index is 901. The second kappa shape index (κ2) is 4.79. The van der Waals surface area contributed by atoms with Gasteiger partial charge in [0.15, 0.2) is 11.0 Å². The van der Waals surface area contributed by atoms with E-state index in [1.165, 1.54) is 10.9 Å². The molecule has 8 nitrogen and oxygen atoms in total. The van der Waals surface area contributed by atoms with Crippen molar-refractivity contribution in [1.29, 1.82) is 0 Å². The minimum Gasteiger partial charge on any atom is -0.480 e. The van der Waals surface area contributed by atoms with Crippen molar-refractivity contribution in [3.05, 3.63) is 22.9 Å². The van der Waals surface area contributed by atoms with Gasteiger partial charge in [-0.2, -0.15) is 5.10 Å². The zero-order chi connectivity index (χ0) is 17.3. The number of amides is 1. The zero-order valence-electron chi connectivity index (χ0n) is 12.3. The Balaban J connectivity index is 1.76. The van der Waals surface area contributed by atoms with Crippen LogP contribution in [0.5, 0.6) is 0 Å². The first-order valence-corrected chi connectivity index (χ1v) is 7.59. The minimum absolute atomic E-state index is 0.128. The third-order valence-electron chi connectivity index (χ3n) is 4.96. The van der Waals surface area contributed by atoms with E-state index in [9.17, 15) is 19.1 Å². The van der Waals surface area contributed by atoms with E-state index in [1.54, 1.807) is 7.05 Å². The van der Waals surface area contributed by atoms with E-state index < -0.39 is 23.9 Å². The van der Waals surface area contributed by atoms with E-state index in [0.29, 0.717) is 11.1 Å². The molecule has 24 heavy (non-hydrogen) atoms. The average molecular weight is 355 g/mol. The fraction of sp³-hybridized carbons (Fsp3) is 0.429. The molecule has 1 aliphatic heterocycles. The molecule has 0 spiro atoms. The largest absolute Gasteiger partial charge is 0.480 e. The quantitative estimate of drug-likeness (QED) is 0.792. The highest BCUT2D eigenvalue weighted by Gasteiger charge is 2.66. The first-order valence-electron chi connectivity index (χ1n) is 7.22. The molecule has 2 aliphatic rings. The van der Waals surface area contributed by atoms with Crippen molar-refractivity contribution in [3.8, 4) is 0 Å². The molecule has 3 unspecified atom stereocenters. The number of nitrogens with zero attached hydrogens (tertiary/aromatic N) is 4. The third kappa shape index (κ3) is 1.84. The summed E-state index contributed by atoms with van der Waals surface area (Å²) in [5, 5.41) is 23.1. The van der Waals surface area contributed by atoms with Crippen LogP contribution >= 0.6 is 11.6 Å². The number of fused-ring (bicyclic) bond motifs is 2. The Labute approximate surface area is 139 Å². The van der Waals surface area contributed by atoms with Crippen LogP contribution in [0.1, 0.15) is 11.6 Å². The van der Waals surface area contributed by atoms with Crippen molar-refractivity contribution in [1.82, 2.24) is 19.7 Å². The molecule has 3 heterocycles. The summed E-state index contributed by atoms with van der Waals surface area (Å²) in [6, 6.07) is -1.11. The van der Waals surface area contributed by atoms with Crippen molar-refractivity contribution >= 4 is 34.6 Å². The van der Waals surface area contributed by atoms with Gasteiger partial charge in [0.25, 0.3) is 0 Å². The van der Waals surface area contributed by atoms with Gasteiger partial charge in [-0.15, -0.1) is 0 Å². The number of carbonyl (C=O) groups is 2.